The molecule has 1 aromatic carbocycles. The number of fused-ring (bicyclic) bond motifs is 1. The van der Waals surface area contributed by atoms with Gasteiger partial charge in [0.1, 0.15) is 0 Å². The van der Waals surface area contributed by atoms with Gasteiger partial charge < -0.3 is 10.1 Å². The van der Waals surface area contributed by atoms with E-state index < -0.39 is 15.9 Å². The highest BCUT2D eigenvalue weighted by molar-refractivity contribution is 7.89. The number of esters is 1. The van der Waals surface area contributed by atoms with Gasteiger partial charge in [-0.1, -0.05) is 0 Å². The summed E-state index contributed by atoms with van der Waals surface area (Å²) in [5, 5.41) is 2.81. The lowest BCUT2D eigenvalue weighted by molar-refractivity contribution is -0.149. The second-order valence-electron chi connectivity index (χ2n) is 6.67. The van der Waals surface area contributed by atoms with E-state index in [0.29, 0.717) is 50.9 Å². The molecule has 0 saturated carbocycles. The van der Waals surface area contributed by atoms with Crippen molar-refractivity contribution < 1.29 is 22.7 Å². The normalized spacial score (nSPS) is 21.4. The molecule has 0 radical (unpaired) electrons. The van der Waals surface area contributed by atoms with Gasteiger partial charge in [-0.2, -0.15) is 4.31 Å². The van der Waals surface area contributed by atoms with Crippen LogP contribution < -0.4 is 5.32 Å². The standard InChI is InChI=1S/C18H24N2O5S/c1-2-25-18(22)14-6-4-10-20(12-14)26(23,24)15-8-9-16-13(11-15)5-3-7-17(21)19-16/h8-9,11,14H,2-7,10,12H2,1H3,(H,19,21)/t14-/m0/s1. The number of ether oxygens (including phenoxy) is 1. The Bertz CT molecular complexity index is 806. The van der Waals surface area contributed by atoms with Crippen molar-refractivity contribution in [3.8, 4) is 0 Å². The monoisotopic (exact) mass is 380 g/mol. The van der Waals surface area contributed by atoms with Crippen LogP contribution in [0.25, 0.3) is 0 Å². The Morgan fingerprint density at radius 2 is 2.12 bits per heavy atom. The van der Waals surface area contributed by atoms with Gasteiger partial charge in [0.2, 0.25) is 15.9 Å². The van der Waals surface area contributed by atoms with Crippen molar-refractivity contribution in [2.24, 2.45) is 5.92 Å². The number of hydrogen-bond acceptors (Lipinski definition) is 5. The lowest BCUT2D eigenvalue weighted by atomic mass is 10.0. The van der Waals surface area contributed by atoms with Gasteiger partial charge in [-0.15, -0.1) is 0 Å². The molecule has 0 aromatic heterocycles. The summed E-state index contributed by atoms with van der Waals surface area (Å²) >= 11 is 0. The van der Waals surface area contributed by atoms with Gasteiger partial charge in [-0.25, -0.2) is 8.42 Å². The first-order valence-electron chi connectivity index (χ1n) is 9.01. The predicted molar refractivity (Wildman–Crippen MR) is 96.1 cm³/mol. The Morgan fingerprint density at radius 1 is 1.31 bits per heavy atom. The van der Waals surface area contributed by atoms with E-state index in [4.69, 9.17) is 4.74 Å². The van der Waals surface area contributed by atoms with E-state index in [0.717, 1.165) is 5.56 Å². The fourth-order valence-corrected chi connectivity index (χ4v) is 5.05. The number of piperidine rings is 1. The third-order valence-electron chi connectivity index (χ3n) is 4.84. The first-order chi connectivity index (χ1) is 12.4. The van der Waals surface area contributed by atoms with Gasteiger partial charge in [0, 0.05) is 25.2 Å². The van der Waals surface area contributed by atoms with Gasteiger partial charge in [-0.3, -0.25) is 9.59 Å². The average Bonchev–Trinajstić information content (AvgIpc) is 2.82. The Morgan fingerprint density at radius 3 is 2.88 bits per heavy atom. The van der Waals surface area contributed by atoms with Crippen LogP contribution in [0.5, 0.6) is 0 Å². The van der Waals surface area contributed by atoms with Crippen molar-refractivity contribution in [2.75, 3.05) is 25.0 Å². The molecule has 7 nitrogen and oxygen atoms in total. The molecule has 1 saturated heterocycles. The zero-order chi connectivity index (χ0) is 18.7. The number of sulfonamides is 1. The number of nitrogens with zero attached hydrogens (tertiary/aromatic N) is 1. The van der Waals surface area contributed by atoms with E-state index in [1.54, 1.807) is 19.1 Å². The number of amides is 1. The molecule has 0 spiro atoms. The third-order valence-corrected chi connectivity index (χ3v) is 6.70. The van der Waals surface area contributed by atoms with Crippen LogP contribution >= 0.6 is 0 Å². The fraction of sp³-hybridized carbons (Fsp3) is 0.556. The quantitative estimate of drug-likeness (QED) is 0.806. The number of carbonyl (C=O) groups is 2. The molecule has 142 valence electrons. The number of aryl methyl sites for hydroxylation is 1. The second-order valence-corrected chi connectivity index (χ2v) is 8.61. The van der Waals surface area contributed by atoms with Crippen LogP contribution in [0.3, 0.4) is 0 Å². The molecular formula is C18H24N2O5S. The molecule has 3 rings (SSSR count). The van der Waals surface area contributed by atoms with Crippen molar-refractivity contribution in [3.63, 3.8) is 0 Å². The molecule has 8 heteroatoms. The summed E-state index contributed by atoms with van der Waals surface area (Å²) in [6, 6.07) is 4.82. The molecule has 2 heterocycles. The summed E-state index contributed by atoms with van der Waals surface area (Å²) in [4.78, 5) is 23.8. The Balaban J connectivity index is 1.82. The third kappa shape index (κ3) is 3.91. The number of nitrogens with one attached hydrogen (secondary N) is 1. The van der Waals surface area contributed by atoms with Crippen LogP contribution in [0.2, 0.25) is 0 Å². The van der Waals surface area contributed by atoms with Crippen LogP contribution in [0.4, 0.5) is 5.69 Å². The Kier molecular flexibility index (Phi) is 5.62. The predicted octanol–water partition coefficient (Wildman–Crippen LogP) is 1.93. The summed E-state index contributed by atoms with van der Waals surface area (Å²) in [5.74, 6) is -0.803. The van der Waals surface area contributed by atoms with Gasteiger partial charge in [0.05, 0.1) is 17.4 Å². The summed E-state index contributed by atoms with van der Waals surface area (Å²) in [5.41, 5.74) is 1.50. The van der Waals surface area contributed by atoms with Gasteiger partial charge >= 0.3 is 5.97 Å². The highest BCUT2D eigenvalue weighted by Crippen LogP contribution is 2.29. The average molecular weight is 380 g/mol. The lowest BCUT2D eigenvalue weighted by Gasteiger charge is -2.30. The Labute approximate surface area is 153 Å². The van der Waals surface area contributed by atoms with E-state index in [1.165, 1.54) is 10.4 Å². The fourth-order valence-electron chi connectivity index (χ4n) is 3.47. The highest BCUT2D eigenvalue weighted by Gasteiger charge is 2.34. The van der Waals surface area contributed by atoms with Gasteiger partial charge in [0.15, 0.2) is 0 Å². The molecule has 1 amide bonds. The molecule has 0 unspecified atom stereocenters. The van der Waals surface area contributed by atoms with E-state index in [2.05, 4.69) is 5.32 Å². The molecule has 2 aliphatic heterocycles. The molecule has 0 bridgehead atoms. The van der Waals surface area contributed by atoms with Crippen molar-refractivity contribution >= 4 is 27.6 Å². The van der Waals surface area contributed by atoms with Gasteiger partial charge in [-0.05, 0) is 56.4 Å². The lowest BCUT2D eigenvalue weighted by Crippen LogP contribution is -2.42. The smallest absolute Gasteiger partial charge is 0.310 e. The number of anilines is 1. The molecule has 2 aliphatic rings. The summed E-state index contributed by atoms with van der Waals surface area (Å²) in [7, 11) is -3.69. The summed E-state index contributed by atoms with van der Waals surface area (Å²) in [6.45, 7) is 2.57. The molecule has 1 N–H and O–H groups in total. The van der Waals surface area contributed by atoms with E-state index in [-0.39, 0.29) is 23.3 Å². The topological polar surface area (TPSA) is 92.8 Å². The summed E-state index contributed by atoms with van der Waals surface area (Å²) in [6.07, 6.45) is 3.05. The number of benzene rings is 1. The molecule has 1 aromatic rings. The zero-order valence-electron chi connectivity index (χ0n) is 14.9. The van der Waals surface area contributed by atoms with Crippen LogP contribution in [-0.4, -0.2) is 44.3 Å². The minimum absolute atomic E-state index is 0.0485. The van der Waals surface area contributed by atoms with Crippen LogP contribution in [0.1, 0.15) is 38.2 Å². The van der Waals surface area contributed by atoms with Crippen molar-refractivity contribution in [2.45, 2.75) is 43.9 Å². The molecule has 1 fully saturated rings. The second kappa shape index (κ2) is 7.75. The maximum atomic E-state index is 13.0. The minimum atomic E-state index is -3.69. The van der Waals surface area contributed by atoms with E-state index in [9.17, 15) is 18.0 Å². The SMILES string of the molecule is CCOC(=O)[C@H]1CCCN(S(=O)(=O)c2ccc3c(c2)CCCC(=O)N3)C1. The molecular weight excluding hydrogens is 356 g/mol. The van der Waals surface area contributed by atoms with Gasteiger partial charge in [0.25, 0.3) is 0 Å². The van der Waals surface area contributed by atoms with E-state index >= 15 is 0 Å². The zero-order valence-corrected chi connectivity index (χ0v) is 15.7. The van der Waals surface area contributed by atoms with Crippen LogP contribution in [0, 0.1) is 5.92 Å². The maximum Gasteiger partial charge on any atom is 0.310 e. The summed E-state index contributed by atoms with van der Waals surface area (Å²) < 4.78 is 32.5. The number of rotatable bonds is 4. The molecule has 1 atom stereocenters. The first-order valence-corrected chi connectivity index (χ1v) is 10.5. The molecule has 26 heavy (non-hydrogen) atoms. The van der Waals surface area contributed by atoms with Crippen LogP contribution in [-0.2, 0) is 30.8 Å². The van der Waals surface area contributed by atoms with E-state index in [1.807, 2.05) is 0 Å². The molecule has 0 aliphatic carbocycles. The minimum Gasteiger partial charge on any atom is -0.466 e. The first kappa shape index (κ1) is 18.8. The maximum absolute atomic E-state index is 13.0. The van der Waals surface area contributed by atoms with Crippen LogP contribution in [0.15, 0.2) is 23.1 Å². The highest BCUT2D eigenvalue weighted by atomic mass is 32.2. The number of carbonyl (C=O) groups excluding carboxylic acids is 2. The largest absolute Gasteiger partial charge is 0.466 e. The van der Waals surface area contributed by atoms with Crippen molar-refractivity contribution in [3.05, 3.63) is 23.8 Å². The van der Waals surface area contributed by atoms with Crippen molar-refractivity contribution in [1.29, 1.82) is 0 Å². The number of hydrogen-bond donors (Lipinski definition) is 1. The Hall–Kier alpha value is -1.93. The van der Waals surface area contributed by atoms with Crippen molar-refractivity contribution in [1.82, 2.24) is 4.31 Å².